The number of halogens is 3. The van der Waals surface area contributed by atoms with Gasteiger partial charge in [0.2, 0.25) is 0 Å². The Labute approximate surface area is 211 Å². The van der Waals surface area contributed by atoms with Gasteiger partial charge in [-0.3, -0.25) is 9.59 Å². The Balaban J connectivity index is 1.83. The van der Waals surface area contributed by atoms with Crippen LogP contribution in [0.3, 0.4) is 0 Å². The van der Waals surface area contributed by atoms with Gasteiger partial charge in [-0.25, -0.2) is 4.98 Å². The van der Waals surface area contributed by atoms with E-state index in [0.29, 0.717) is 5.56 Å². The zero-order valence-corrected chi connectivity index (χ0v) is 19.8. The van der Waals surface area contributed by atoms with Gasteiger partial charge in [-0.2, -0.15) is 18.4 Å². The number of carbonyl (C=O) groups excluding carboxylic acids is 2. The number of benzene rings is 2. The molecule has 9 nitrogen and oxygen atoms in total. The molecule has 2 amide bonds. The lowest BCUT2D eigenvalue weighted by Crippen LogP contribution is -2.13. The molecule has 2 aromatic carbocycles. The van der Waals surface area contributed by atoms with Gasteiger partial charge in [0.1, 0.15) is 32.9 Å². The largest absolute Gasteiger partial charge is 0.495 e. The molecule has 0 unspecified atom stereocenters. The number of nitrogens with zero attached hydrogens (tertiary/aromatic N) is 2. The molecule has 0 atom stereocenters. The van der Waals surface area contributed by atoms with Gasteiger partial charge in [-0.1, -0.05) is 6.07 Å². The number of hydrogen-bond donors (Lipinski definition) is 4. The van der Waals surface area contributed by atoms with E-state index in [-0.39, 0.29) is 54.7 Å². The van der Waals surface area contributed by atoms with Crippen molar-refractivity contribution in [3.63, 3.8) is 0 Å². The summed E-state index contributed by atoms with van der Waals surface area (Å²) in [6, 6.07) is 10.3. The molecule has 2 aromatic heterocycles. The minimum Gasteiger partial charge on any atom is -0.495 e. The van der Waals surface area contributed by atoms with Gasteiger partial charge in [-0.15, -0.1) is 11.3 Å². The molecule has 0 aliphatic heterocycles. The molecular formula is C24H17F3N6O3S. The summed E-state index contributed by atoms with van der Waals surface area (Å²) in [5, 5.41) is 12.7. The molecule has 7 N–H and O–H groups in total. The second-order valence-electron chi connectivity index (χ2n) is 7.69. The van der Waals surface area contributed by atoms with Gasteiger partial charge in [0.05, 0.1) is 24.0 Å². The van der Waals surface area contributed by atoms with Crippen LogP contribution in [-0.4, -0.2) is 23.9 Å². The number of fused-ring (bicyclic) bond motifs is 1. The van der Waals surface area contributed by atoms with E-state index in [1.165, 1.54) is 19.2 Å². The molecule has 2 heterocycles. The van der Waals surface area contributed by atoms with E-state index in [2.05, 4.69) is 10.3 Å². The van der Waals surface area contributed by atoms with Crippen LogP contribution in [0.25, 0.3) is 21.3 Å². The number of carbonyl (C=O) groups is 2. The van der Waals surface area contributed by atoms with Crippen LogP contribution >= 0.6 is 11.3 Å². The number of nitrogen functional groups attached to an aromatic ring is 2. The maximum atomic E-state index is 12.9. The highest BCUT2D eigenvalue weighted by Crippen LogP contribution is 2.44. The van der Waals surface area contributed by atoms with E-state index in [9.17, 15) is 28.0 Å². The van der Waals surface area contributed by atoms with E-state index in [1.807, 2.05) is 6.07 Å². The van der Waals surface area contributed by atoms with E-state index in [4.69, 9.17) is 21.9 Å². The summed E-state index contributed by atoms with van der Waals surface area (Å²) in [5.74, 6) is -1.34. The Morgan fingerprint density at radius 3 is 2.38 bits per heavy atom. The predicted octanol–water partition coefficient (Wildman–Crippen LogP) is 4.38. The van der Waals surface area contributed by atoms with Crippen molar-refractivity contribution in [2.75, 3.05) is 23.9 Å². The summed E-state index contributed by atoms with van der Waals surface area (Å²) in [4.78, 5) is 29.2. The monoisotopic (exact) mass is 526 g/mol. The topological polar surface area (TPSA) is 170 Å². The van der Waals surface area contributed by atoms with Crippen molar-refractivity contribution in [1.29, 1.82) is 5.26 Å². The second kappa shape index (κ2) is 9.32. The predicted molar refractivity (Wildman–Crippen MR) is 133 cm³/mol. The van der Waals surface area contributed by atoms with Crippen LogP contribution < -0.4 is 27.3 Å². The van der Waals surface area contributed by atoms with Crippen LogP contribution in [-0.2, 0) is 6.18 Å². The molecule has 4 rings (SSSR count). The Morgan fingerprint density at radius 2 is 1.81 bits per heavy atom. The minimum absolute atomic E-state index is 0.0156. The Morgan fingerprint density at radius 1 is 1.14 bits per heavy atom. The molecule has 0 aliphatic carbocycles. The van der Waals surface area contributed by atoms with E-state index < -0.39 is 23.6 Å². The number of pyridine rings is 1. The maximum absolute atomic E-state index is 12.9. The molecule has 0 aliphatic rings. The molecule has 4 aromatic rings. The molecule has 0 bridgehead atoms. The van der Waals surface area contributed by atoms with Crippen LogP contribution in [0.2, 0.25) is 0 Å². The van der Waals surface area contributed by atoms with Crippen molar-refractivity contribution in [2.45, 2.75) is 6.18 Å². The highest BCUT2D eigenvalue weighted by molar-refractivity contribution is 7.21. The number of primary amides is 1. The number of aromatic nitrogens is 1. The van der Waals surface area contributed by atoms with Crippen molar-refractivity contribution < 1.29 is 27.5 Å². The number of anilines is 3. The fourth-order valence-corrected chi connectivity index (χ4v) is 4.69. The summed E-state index contributed by atoms with van der Waals surface area (Å²) >= 11 is 0.922. The molecule has 0 saturated heterocycles. The van der Waals surface area contributed by atoms with Gasteiger partial charge < -0.3 is 27.3 Å². The van der Waals surface area contributed by atoms with Crippen LogP contribution in [0.5, 0.6) is 5.75 Å². The zero-order chi connectivity index (χ0) is 27.1. The number of amides is 2. The first-order chi connectivity index (χ1) is 17.5. The minimum atomic E-state index is -4.54. The van der Waals surface area contributed by atoms with E-state index in [1.54, 1.807) is 6.07 Å². The first-order valence-electron chi connectivity index (χ1n) is 10.3. The number of nitrogens with two attached hydrogens (primary N) is 3. The molecule has 0 fully saturated rings. The van der Waals surface area contributed by atoms with Crippen molar-refractivity contribution in [1.82, 2.24) is 4.98 Å². The summed E-state index contributed by atoms with van der Waals surface area (Å²) in [6.07, 6.45) is -4.54. The molecular weight excluding hydrogens is 509 g/mol. The zero-order valence-electron chi connectivity index (χ0n) is 18.9. The maximum Gasteiger partial charge on any atom is 0.416 e. The van der Waals surface area contributed by atoms with Crippen molar-refractivity contribution in [3.05, 3.63) is 64.0 Å². The van der Waals surface area contributed by atoms with Crippen LogP contribution in [0.1, 0.15) is 31.2 Å². The highest BCUT2D eigenvalue weighted by Gasteiger charge is 2.30. The molecule has 0 radical (unpaired) electrons. The van der Waals surface area contributed by atoms with Crippen LogP contribution in [0.4, 0.5) is 30.4 Å². The number of ether oxygens (including phenoxy) is 1. The average molecular weight is 527 g/mol. The van der Waals surface area contributed by atoms with Gasteiger partial charge in [-0.05, 0) is 42.0 Å². The highest BCUT2D eigenvalue weighted by atomic mass is 32.1. The number of methoxy groups -OCH3 is 1. The van der Waals surface area contributed by atoms with E-state index >= 15 is 0 Å². The number of hydrogen-bond acceptors (Lipinski definition) is 8. The standard InChI is InChI=1S/C24H17F3N6O3S/c1-36-15-7-4-11(8-14(15)32-22(35)10-2-5-12(6-3-10)24(25,26)27)16-13(9-28)20(30)33-23-17(16)18(29)19(37-23)21(31)34/h2-8H,29H2,1H3,(H2,30,33)(H2,31,34)(H,32,35). The van der Waals surface area contributed by atoms with Crippen molar-refractivity contribution in [2.24, 2.45) is 5.73 Å². The van der Waals surface area contributed by atoms with Crippen molar-refractivity contribution >= 4 is 50.6 Å². The number of nitriles is 1. The molecule has 0 saturated carbocycles. The third-order valence-corrected chi connectivity index (χ3v) is 6.57. The first kappa shape index (κ1) is 25.3. The van der Waals surface area contributed by atoms with Crippen molar-refractivity contribution in [3.8, 4) is 22.9 Å². The average Bonchev–Trinajstić information content (AvgIpc) is 3.18. The molecule has 188 valence electrons. The normalized spacial score (nSPS) is 11.2. The van der Waals surface area contributed by atoms with Gasteiger partial charge in [0.15, 0.2) is 0 Å². The Hall–Kier alpha value is -4.83. The summed E-state index contributed by atoms with van der Waals surface area (Å²) < 4.78 is 43.9. The lowest BCUT2D eigenvalue weighted by molar-refractivity contribution is -0.137. The quantitative estimate of drug-likeness (QED) is 0.299. The second-order valence-corrected chi connectivity index (χ2v) is 8.69. The van der Waals surface area contributed by atoms with Gasteiger partial charge >= 0.3 is 6.18 Å². The lowest BCUT2D eigenvalue weighted by Gasteiger charge is -2.15. The third kappa shape index (κ3) is 4.57. The van der Waals surface area contributed by atoms with Gasteiger partial charge in [0.25, 0.3) is 11.8 Å². The number of rotatable bonds is 5. The van der Waals surface area contributed by atoms with E-state index in [0.717, 1.165) is 35.6 Å². The fourth-order valence-electron chi connectivity index (χ4n) is 3.72. The SMILES string of the molecule is COc1ccc(-c2c(C#N)c(N)nc3sc(C(N)=O)c(N)c23)cc1NC(=O)c1ccc(C(F)(F)F)cc1. The lowest BCUT2D eigenvalue weighted by atomic mass is 9.96. The number of alkyl halides is 3. The van der Waals surface area contributed by atoms with Crippen LogP contribution in [0.15, 0.2) is 42.5 Å². The summed E-state index contributed by atoms with van der Waals surface area (Å²) in [5.41, 5.74) is 17.5. The number of nitrogens with one attached hydrogen (secondary N) is 1. The first-order valence-corrected chi connectivity index (χ1v) is 11.2. The third-order valence-electron chi connectivity index (χ3n) is 5.45. The molecule has 13 heteroatoms. The van der Waals surface area contributed by atoms with Gasteiger partial charge in [0, 0.05) is 16.5 Å². The smallest absolute Gasteiger partial charge is 0.416 e. The van der Waals surface area contributed by atoms with Crippen LogP contribution in [0, 0.1) is 11.3 Å². The summed E-state index contributed by atoms with van der Waals surface area (Å²) in [6.45, 7) is 0. The number of thiophene rings is 1. The Bertz CT molecular complexity index is 1610. The molecule has 0 spiro atoms. The Kier molecular flexibility index (Phi) is 6.37. The molecule has 37 heavy (non-hydrogen) atoms. The summed E-state index contributed by atoms with van der Waals surface area (Å²) in [7, 11) is 1.36. The fraction of sp³-hybridized carbons (Fsp3) is 0.0833.